The fraction of sp³-hybridized carbons (Fsp3) is 0.455. The summed E-state index contributed by atoms with van der Waals surface area (Å²) in [5, 5.41) is 0.943. The second-order valence-electron chi connectivity index (χ2n) is 3.55. The zero-order chi connectivity index (χ0) is 12.2. The first-order valence-corrected chi connectivity index (χ1v) is 6.24. The molecule has 0 aromatic heterocycles. The van der Waals surface area contributed by atoms with Gasteiger partial charge in [0, 0.05) is 22.8 Å². The van der Waals surface area contributed by atoms with E-state index in [9.17, 15) is 8.78 Å². The topological polar surface area (TPSA) is 9.23 Å². The van der Waals surface area contributed by atoms with E-state index in [-0.39, 0.29) is 0 Å². The van der Waals surface area contributed by atoms with Gasteiger partial charge in [-0.3, -0.25) is 0 Å². The van der Waals surface area contributed by atoms with Gasteiger partial charge >= 0.3 is 0 Å². The van der Waals surface area contributed by atoms with Crippen LogP contribution in [0.5, 0.6) is 0 Å². The summed E-state index contributed by atoms with van der Waals surface area (Å²) in [6.07, 6.45) is -0.459. The summed E-state index contributed by atoms with van der Waals surface area (Å²) in [7, 11) is 0. The Hall–Kier alpha value is -0.190. The number of hydrogen-bond acceptors (Lipinski definition) is 1. The smallest absolute Gasteiger partial charge is 0.268 e. The molecule has 0 fully saturated rings. The van der Waals surface area contributed by atoms with Crippen molar-refractivity contribution in [3.05, 3.63) is 34.9 Å². The summed E-state index contributed by atoms with van der Waals surface area (Å²) in [6, 6.07) is 7.05. The lowest BCUT2D eigenvalue weighted by Crippen LogP contribution is -2.21. The molecule has 0 radical (unpaired) electrons. The SMILES string of the molecule is CC(F)(F)COC(CBr)c1ccccc1Cl. The maximum atomic E-state index is 12.7. The second-order valence-corrected chi connectivity index (χ2v) is 4.60. The van der Waals surface area contributed by atoms with Gasteiger partial charge in [0.05, 0.1) is 6.10 Å². The first kappa shape index (κ1) is 13.9. The normalized spacial score (nSPS) is 13.8. The molecule has 1 aromatic carbocycles. The molecule has 0 aliphatic heterocycles. The van der Waals surface area contributed by atoms with Gasteiger partial charge in [-0.25, -0.2) is 8.78 Å². The van der Waals surface area contributed by atoms with Crippen LogP contribution in [0.1, 0.15) is 18.6 Å². The van der Waals surface area contributed by atoms with Crippen LogP contribution in [0.15, 0.2) is 24.3 Å². The van der Waals surface area contributed by atoms with E-state index in [1.165, 1.54) is 0 Å². The molecular formula is C11H12BrClF2O. The Kier molecular flexibility index (Phi) is 5.15. The molecule has 16 heavy (non-hydrogen) atoms. The molecule has 0 aliphatic carbocycles. The Labute approximate surface area is 107 Å². The van der Waals surface area contributed by atoms with Gasteiger partial charge < -0.3 is 4.74 Å². The molecule has 0 spiro atoms. The van der Waals surface area contributed by atoms with Crippen molar-refractivity contribution in [2.24, 2.45) is 0 Å². The van der Waals surface area contributed by atoms with Gasteiger partial charge in [0.15, 0.2) is 0 Å². The molecule has 1 aromatic rings. The fourth-order valence-corrected chi connectivity index (χ4v) is 1.99. The first-order valence-electron chi connectivity index (χ1n) is 4.74. The highest BCUT2D eigenvalue weighted by molar-refractivity contribution is 9.09. The number of halogens is 4. The van der Waals surface area contributed by atoms with E-state index in [2.05, 4.69) is 15.9 Å². The average Bonchev–Trinajstić information content (AvgIpc) is 2.20. The van der Waals surface area contributed by atoms with E-state index in [0.29, 0.717) is 15.9 Å². The van der Waals surface area contributed by atoms with Gasteiger partial charge in [-0.1, -0.05) is 45.7 Å². The standard InChI is InChI=1S/C11H12BrClF2O/c1-11(14,15)7-16-10(6-12)8-4-2-3-5-9(8)13/h2-5,10H,6-7H2,1H3. The molecule has 0 aliphatic rings. The zero-order valence-corrected chi connectivity index (χ0v) is 11.1. The lowest BCUT2D eigenvalue weighted by Gasteiger charge is -2.19. The van der Waals surface area contributed by atoms with Gasteiger partial charge in [0.1, 0.15) is 6.61 Å². The molecule has 1 nitrogen and oxygen atoms in total. The Bertz CT molecular complexity index is 341. The van der Waals surface area contributed by atoms with Crippen LogP contribution in [0.25, 0.3) is 0 Å². The van der Waals surface area contributed by atoms with Gasteiger partial charge in [-0.2, -0.15) is 0 Å². The predicted octanol–water partition coefficient (Wildman–Crippen LogP) is 4.45. The highest BCUT2D eigenvalue weighted by Crippen LogP contribution is 2.28. The number of alkyl halides is 3. The number of ether oxygens (including phenoxy) is 1. The Morgan fingerprint density at radius 2 is 2.06 bits per heavy atom. The minimum Gasteiger partial charge on any atom is -0.366 e. The van der Waals surface area contributed by atoms with Crippen molar-refractivity contribution in [3.63, 3.8) is 0 Å². The van der Waals surface area contributed by atoms with Gasteiger partial charge in [-0.05, 0) is 6.07 Å². The summed E-state index contributed by atoms with van der Waals surface area (Å²) in [5.74, 6) is -2.83. The highest BCUT2D eigenvalue weighted by Gasteiger charge is 2.24. The molecule has 0 saturated carbocycles. The molecule has 5 heteroatoms. The molecule has 0 saturated heterocycles. The minimum atomic E-state index is -2.83. The Balaban J connectivity index is 2.72. The lowest BCUT2D eigenvalue weighted by atomic mass is 10.1. The van der Waals surface area contributed by atoms with Crippen molar-refractivity contribution in [2.45, 2.75) is 19.0 Å². The minimum absolute atomic E-state index is 0.423. The molecule has 1 unspecified atom stereocenters. The number of rotatable bonds is 5. The van der Waals surface area contributed by atoms with Crippen LogP contribution in [0.2, 0.25) is 5.02 Å². The Morgan fingerprint density at radius 1 is 1.44 bits per heavy atom. The predicted molar refractivity (Wildman–Crippen MR) is 64.6 cm³/mol. The van der Waals surface area contributed by atoms with Crippen LogP contribution in [-0.2, 0) is 4.74 Å². The monoisotopic (exact) mass is 312 g/mol. The molecule has 0 N–H and O–H groups in total. The molecule has 1 atom stereocenters. The molecular weight excluding hydrogens is 301 g/mol. The van der Waals surface area contributed by atoms with E-state index in [4.69, 9.17) is 16.3 Å². The van der Waals surface area contributed by atoms with Gasteiger partial charge in [0.2, 0.25) is 0 Å². The van der Waals surface area contributed by atoms with Crippen molar-refractivity contribution < 1.29 is 13.5 Å². The molecule has 0 amide bonds. The molecule has 1 rings (SSSR count). The zero-order valence-electron chi connectivity index (χ0n) is 8.72. The average molecular weight is 314 g/mol. The first-order chi connectivity index (χ1) is 7.44. The van der Waals surface area contributed by atoms with Crippen molar-refractivity contribution in [1.82, 2.24) is 0 Å². The fourth-order valence-electron chi connectivity index (χ4n) is 1.20. The molecule has 0 heterocycles. The van der Waals surface area contributed by atoms with Gasteiger partial charge in [0.25, 0.3) is 5.92 Å². The van der Waals surface area contributed by atoms with Gasteiger partial charge in [-0.15, -0.1) is 0 Å². The van der Waals surface area contributed by atoms with E-state index >= 15 is 0 Å². The summed E-state index contributed by atoms with van der Waals surface area (Å²) in [4.78, 5) is 0. The molecule has 90 valence electrons. The van der Waals surface area contributed by atoms with E-state index in [1.54, 1.807) is 24.3 Å². The summed E-state index contributed by atoms with van der Waals surface area (Å²) in [6.45, 7) is 0.208. The van der Waals surface area contributed by atoms with Crippen LogP contribution in [-0.4, -0.2) is 17.9 Å². The van der Waals surface area contributed by atoms with Crippen LogP contribution >= 0.6 is 27.5 Å². The highest BCUT2D eigenvalue weighted by atomic mass is 79.9. The third-order valence-corrected chi connectivity index (χ3v) is 2.86. The van der Waals surface area contributed by atoms with Crippen molar-refractivity contribution >= 4 is 27.5 Å². The summed E-state index contributed by atoms with van der Waals surface area (Å²) < 4.78 is 30.5. The maximum Gasteiger partial charge on any atom is 0.268 e. The van der Waals surface area contributed by atoms with Crippen LogP contribution in [0, 0.1) is 0 Å². The van der Waals surface area contributed by atoms with Crippen LogP contribution in [0.4, 0.5) is 8.78 Å². The van der Waals surface area contributed by atoms with Crippen molar-refractivity contribution in [2.75, 3.05) is 11.9 Å². The second kappa shape index (κ2) is 5.94. The van der Waals surface area contributed by atoms with Crippen LogP contribution < -0.4 is 0 Å². The summed E-state index contributed by atoms with van der Waals surface area (Å²) in [5.41, 5.74) is 0.713. The number of benzene rings is 1. The summed E-state index contributed by atoms with van der Waals surface area (Å²) >= 11 is 9.19. The molecule has 0 bridgehead atoms. The van der Waals surface area contributed by atoms with E-state index in [0.717, 1.165) is 6.92 Å². The van der Waals surface area contributed by atoms with E-state index in [1.807, 2.05) is 0 Å². The van der Waals surface area contributed by atoms with Crippen molar-refractivity contribution in [1.29, 1.82) is 0 Å². The lowest BCUT2D eigenvalue weighted by molar-refractivity contribution is -0.0828. The Morgan fingerprint density at radius 3 is 2.56 bits per heavy atom. The van der Waals surface area contributed by atoms with Crippen molar-refractivity contribution in [3.8, 4) is 0 Å². The third-order valence-electron chi connectivity index (χ3n) is 1.93. The number of hydrogen-bond donors (Lipinski definition) is 0. The largest absolute Gasteiger partial charge is 0.366 e. The van der Waals surface area contributed by atoms with E-state index < -0.39 is 18.6 Å². The van der Waals surface area contributed by atoms with Crippen LogP contribution in [0.3, 0.4) is 0 Å². The maximum absolute atomic E-state index is 12.7. The third kappa shape index (κ3) is 4.36. The quantitative estimate of drug-likeness (QED) is 0.730.